The molecular formula is C19H32N4O2. The summed E-state index contributed by atoms with van der Waals surface area (Å²) in [5.41, 5.74) is 0.461. The lowest BCUT2D eigenvalue weighted by Crippen LogP contribution is -2.50. The van der Waals surface area contributed by atoms with Crippen LogP contribution in [0.4, 0.5) is 4.79 Å². The lowest BCUT2D eigenvalue weighted by molar-refractivity contribution is -0.139. The van der Waals surface area contributed by atoms with Crippen molar-refractivity contribution in [3.8, 4) is 0 Å². The van der Waals surface area contributed by atoms with E-state index in [2.05, 4.69) is 10.2 Å². The van der Waals surface area contributed by atoms with E-state index in [1.54, 1.807) is 0 Å². The average molecular weight is 348 g/mol. The molecule has 0 aromatic heterocycles. The van der Waals surface area contributed by atoms with E-state index in [1.807, 2.05) is 9.80 Å². The van der Waals surface area contributed by atoms with Crippen LogP contribution in [-0.4, -0.2) is 79.0 Å². The molecule has 0 aromatic rings. The Morgan fingerprint density at radius 3 is 2.04 bits per heavy atom. The first-order chi connectivity index (χ1) is 12.2. The average Bonchev–Trinajstić information content (AvgIpc) is 3.34. The number of amides is 3. The maximum absolute atomic E-state index is 12.9. The third-order valence-electron chi connectivity index (χ3n) is 6.96. The predicted octanol–water partition coefficient (Wildman–Crippen LogP) is 1.52. The smallest absolute Gasteiger partial charge is 0.319 e. The summed E-state index contributed by atoms with van der Waals surface area (Å²) < 4.78 is 0. The maximum Gasteiger partial charge on any atom is 0.319 e. The maximum atomic E-state index is 12.9. The van der Waals surface area contributed by atoms with Crippen molar-refractivity contribution in [1.29, 1.82) is 0 Å². The molecule has 4 fully saturated rings. The number of likely N-dealkylation sites (tertiary alicyclic amines) is 3. The van der Waals surface area contributed by atoms with Crippen LogP contribution >= 0.6 is 0 Å². The van der Waals surface area contributed by atoms with E-state index >= 15 is 0 Å². The van der Waals surface area contributed by atoms with Gasteiger partial charge in [0, 0.05) is 51.7 Å². The second-order valence-electron chi connectivity index (χ2n) is 8.49. The molecule has 1 spiro atoms. The Hall–Kier alpha value is -1.30. The van der Waals surface area contributed by atoms with E-state index < -0.39 is 0 Å². The minimum Gasteiger partial charge on any atom is -0.342 e. The molecule has 4 aliphatic rings. The fraction of sp³-hybridized carbons (Fsp3) is 0.895. The summed E-state index contributed by atoms with van der Waals surface area (Å²) >= 11 is 0. The number of nitrogens with one attached hydrogen (secondary N) is 1. The van der Waals surface area contributed by atoms with E-state index in [9.17, 15) is 9.59 Å². The van der Waals surface area contributed by atoms with Gasteiger partial charge in [-0.05, 0) is 56.9 Å². The molecule has 6 heteroatoms. The molecule has 0 aliphatic carbocycles. The SMILES string of the molecule is O=C(C1CCN(C(=O)N2CCCC2)CC1)N1CCC2(CCNC2)CC1. The van der Waals surface area contributed by atoms with Gasteiger partial charge in [0.1, 0.15) is 0 Å². The van der Waals surface area contributed by atoms with Crippen molar-refractivity contribution >= 4 is 11.9 Å². The zero-order chi connectivity index (χ0) is 17.3. The summed E-state index contributed by atoms with van der Waals surface area (Å²) in [6.07, 6.45) is 7.50. The first-order valence-corrected chi connectivity index (χ1v) is 10.2. The number of carbonyl (C=O) groups is 2. The zero-order valence-electron chi connectivity index (χ0n) is 15.3. The molecule has 4 heterocycles. The molecule has 0 radical (unpaired) electrons. The van der Waals surface area contributed by atoms with E-state index in [4.69, 9.17) is 0 Å². The fourth-order valence-corrected chi connectivity index (χ4v) is 5.11. The monoisotopic (exact) mass is 348 g/mol. The van der Waals surface area contributed by atoms with E-state index in [0.29, 0.717) is 11.3 Å². The number of rotatable bonds is 1. The number of carbonyl (C=O) groups excluding carboxylic acids is 2. The van der Waals surface area contributed by atoms with Gasteiger partial charge >= 0.3 is 6.03 Å². The summed E-state index contributed by atoms with van der Waals surface area (Å²) in [5, 5.41) is 3.48. The van der Waals surface area contributed by atoms with Crippen molar-refractivity contribution < 1.29 is 9.59 Å². The molecule has 4 saturated heterocycles. The number of hydrogen-bond acceptors (Lipinski definition) is 3. The highest BCUT2D eigenvalue weighted by atomic mass is 16.2. The van der Waals surface area contributed by atoms with Gasteiger partial charge in [-0.25, -0.2) is 4.79 Å². The van der Waals surface area contributed by atoms with Crippen LogP contribution in [0.1, 0.15) is 44.9 Å². The fourth-order valence-electron chi connectivity index (χ4n) is 5.11. The number of piperidine rings is 2. The Labute approximate surface area is 150 Å². The molecule has 25 heavy (non-hydrogen) atoms. The third-order valence-corrected chi connectivity index (χ3v) is 6.96. The highest BCUT2D eigenvalue weighted by molar-refractivity contribution is 5.80. The summed E-state index contributed by atoms with van der Waals surface area (Å²) in [7, 11) is 0. The van der Waals surface area contributed by atoms with Crippen LogP contribution in [-0.2, 0) is 4.79 Å². The van der Waals surface area contributed by atoms with E-state index in [1.165, 1.54) is 6.42 Å². The topological polar surface area (TPSA) is 55.9 Å². The Balaban J connectivity index is 1.25. The van der Waals surface area contributed by atoms with Gasteiger partial charge in [0.15, 0.2) is 0 Å². The Kier molecular flexibility index (Phi) is 4.89. The summed E-state index contributed by atoms with van der Waals surface area (Å²) in [6.45, 7) is 7.41. The first-order valence-electron chi connectivity index (χ1n) is 10.2. The molecule has 0 unspecified atom stereocenters. The lowest BCUT2D eigenvalue weighted by atomic mass is 9.77. The third kappa shape index (κ3) is 3.50. The summed E-state index contributed by atoms with van der Waals surface area (Å²) in [5.74, 6) is 0.465. The van der Waals surface area contributed by atoms with E-state index in [-0.39, 0.29) is 11.9 Å². The van der Waals surface area contributed by atoms with Crippen molar-refractivity contribution in [2.45, 2.75) is 44.9 Å². The molecule has 4 rings (SSSR count). The van der Waals surface area contributed by atoms with Crippen LogP contribution in [0.25, 0.3) is 0 Å². The van der Waals surface area contributed by atoms with Crippen molar-refractivity contribution in [2.24, 2.45) is 11.3 Å². The van der Waals surface area contributed by atoms with Crippen LogP contribution in [0.2, 0.25) is 0 Å². The van der Waals surface area contributed by atoms with Gasteiger partial charge in [-0.15, -0.1) is 0 Å². The normalized spacial score (nSPS) is 27.3. The standard InChI is InChI=1S/C19H32N4O2/c24-17(21-13-6-19(7-14-21)5-8-20-15-19)16-3-11-23(12-4-16)18(25)22-9-1-2-10-22/h16,20H,1-15H2. The van der Waals surface area contributed by atoms with Crippen LogP contribution in [0.3, 0.4) is 0 Å². The summed E-state index contributed by atoms with van der Waals surface area (Å²) in [4.78, 5) is 31.4. The van der Waals surface area contributed by atoms with E-state index in [0.717, 1.165) is 90.9 Å². The molecule has 1 N–H and O–H groups in total. The first kappa shape index (κ1) is 17.1. The molecule has 0 bridgehead atoms. The Morgan fingerprint density at radius 2 is 1.44 bits per heavy atom. The molecule has 6 nitrogen and oxygen atoms in total. The minimum absolute atomic E-state index is 0.124. The summed E-state index contributed by atoms with van der Waals surface area (Å²) in [6, 6.07) is 0.192. The number of nitrogens with zero attached hydrogens (tertiary/aromatic N) is 3. The van der Waals surface area contributed by atoms with Gasteiger partial charge in [0.05, 0.1) is 0 Å². The zero-order valence-corrected chi connectivity index (χ0v) is 15.3. The van der Waals surface area contributed by atoms with Crippen molar-refractivity contribution in [3.05, 3.63) is 0 Å². The second-order valence-corrected chi connectivity index (χ2v) is 8.49. The van der Waals surface area contributed by atoms with Gasteiger partial charge in [-0.3, -0.25) is 4.79 Å². The van der Waals surface area contributed by atoms with Gasteiger partial charge in [-0.1, -0.05) is 0 Å². The largest absolute Gasteiger partial charge is 0.342 e. The molecule has 4 aliphatic heterocycles. The predicted molar refractivity (Wildman–Crippen MR) is 96.2 cm³/mol. The number of hydrogen-bond donors (Lipinski definition) is 1. The molecule has 0 aromatic carbocycles. The quantitative estimate of drug-likeness (QED) is 0.782. The minimum atomic E-state index is 0.124. The van der Waals surface area contributed by atoms with Crippen molar-refractivity contribution in [3.63, 3.8) is 0 Å². The molecule has 0 saturated carbocycles. The molecule has 140 valence electrons. The van der Waals surface area contributed by atoms with Crippen LogP contribution in [0, 0.1) is 11.3 Å². The molecule has 0 atom stereocenters. The number of urea groups is 1. The Bertz CT molecular complexity index is 494. The highest BCUT2D eigenvalue weighted by Crippen LogP contribution is 2.37. The van der Waals surface area contributed by atoms with Gasteiger partial charge in [0.25, 0.3) is 0 Å². The van der Waals surface area contributed by atoms with Gasteiger partial charge in [-0.2, -0.15) is 0 Å². The second kappa shape index (κ2) is 7.14. The van der Waals surface area contributed by atoms with Crippen LogP contribution < -0.4 is 5.32 Å². The van der Waals surface area contributed by atoms with Crippen LogP contribution in [0.15, 0.2) is 0 Å². The Morgan fingerprint density at radius 1 is 0.800 bits per heavy atom. The van der Waals surface area contributed by atoms with Crippen molar-refractivity contribution in [2.75, 3.05) is 52.4 Å². The molecule has 3 amide bonds. The molecular weight excluding hydrogens is 316 g/mol. The lowest BCUT2D eigenvalue weighted by Gasteiger charge is -2.41. The van der Waals surface area contributed by atoms with Crippen molar-refractivity contribution in [1.82, 2.24) is 20.0 Å². The van der Waals surface area contributed by atoms with Gasteiger partial charge in [0.2, 0.25) is 5.91 Å². The van der Waals surface area contributed by atoms with Gasteiger partial charge < -0.3 is 20.0 Å². The van der Waals surface area contributed by atoms with Crippen LogP contribution in [0.5, 0.6) is 0 Å². The highest BCUT2D eigenvalue weighted by Gasteiger charge is 2.40.